The summed E-state index contributed by atoms with van der Waals surface area (Å²) in [6, 6.07) is 3.83. The van der Waals surface area contributed by atoms with E-state index < -0.39 is 0 Å². The lowest BCUT2D eigenvalue weighted by Gasteiger charge is -2.23. The van der Waals surface area contributed by atoms with Gasteiger partial charge < -0.3 is 10.1 Å². The Bertz CT molecular complexity index is 407. The molecule has 1 aliphatic carbocycles. The highest BCUT2D eigenvalue weighted by Crippen LogP contribution is 2.44. The minimum atomic E-state index is 0.367. The van der Waals surface area contributed by atoms with Gasteiger partial charge in [0.25, 0.3) is 0 Å². The Hall–Kier alpha value is -0.510. The molecular weight excluding hydrogens is 259 g/mol. The second kappa shape index (κ2) is 4.63. The van der Waals surface area contributed by atoms with Crippen LogP contribution in [-0.2, 0) is 0 Å². The molecule has 0 amide bonds. The van der Waals surface area contributed by atoms with E-state index in [0.717, 1.165) is 18.4 Å². The van der Waals surface area contributed by atoms with Crippen molar-refractivity contribution in [1.82, 2.24) is 10.3 Å². The van der Waals surface area contributed by atoms with Gasteiger partial charge in [-0.1, -0.05) is 23.2 Å². The summed E-state index contributed by atoms with van der Waals surface area (Å²) in [6.07, 6.45) is 2.60. The molecule has 1 aromatic rings. The number of nitrogens with one attached hydrogen (secondary N) is 1. The standard InChI is InChI=1S/C12H14Cl2N2O/c13-11-3-10(4-12(14)16-11)17-6-9-2-7-1-8(7)5-15-9/h3-4,7-9,15H,1-2,5-6H2. The molecule has 1 N–H and O–H groups in total. The number of piperidine rings is 1. The van der Waals surface area contributed by atoms with E-state index in [1.807, 2.05) is 0 Å². The Kier molecular flexibility index (Phi) is 3.16. The van der Waals surface area contributed by atoms with Crippen LogP contribution >= 0.6 is 23.2 Å². The summed E-state index contributed by atoms with van der Waals surface area (Å²) in [5, 5.41) is 4.24. The fourth-order valence-corrected chi connectivity index (χ4v) is 2.91. The Morgan fingerprint density at radius 2 is 2.00 bits per heavy atom. The average Bonchev–Trinajstić information content (AvgIpc) is 3.03. The molecule has 0 spiro atoms. The summed E-state index contributed by atoms with van der Waals surface area (Å²) in [5.74, 6) is 2.54. The van der Waals surface area contributed by atoms with E-state index >= 15 is 0 Å². The molecule has 3 atom stereocenters. The molecule has 92 valence electrons. The summed E-state index contributed by atoms with van der Waals surface area (Å²) in [6.45, 7) is 1.80. The van der Waals surface area contributed by atoms with Crippen molar-refractivity contribution >= 4 is 23.2 Å². The number of fused-ring (bicyclic) bond motifs is 1. The number of rotatable bonds is 3. The van der Waals surface area contributed by atoms with Crippen LogP contribution in [0, 0.1) is 11.8 Å². The Morgan fingerprint density at radius 3 is 2.71 bits per heavy atom. The van der Waals surface area contributed by atoms with Crippen LogP contribution in [0.3, 0.4) is 0 Å². The molecule has 3 nitrogen and oxygen atoms in total. The van der Waals surface area contributed by atoms with Crippen molar-refractivity contribution in [1.29, 1.82) is 0 Å². The van der Waals surface area contributed by atoms with Crippen LogP contribution < -0.4 is 10.1 Å². The summed E-state index contributed by atoms with van der Waals surface area (Å²) in [5.41, 5.74) is 0. The predicted octanol–water partition coefficient (Wildman–Crippen LogP) is 2.77. The molecule has 0 radical (unpaired) electrons. The first kappa shape index (κ1) is 11.6. The SMILES string of the molecule is Clc1cc(OCC2CC3CC3CN2)cc(Cl)n1. The highest BCUT2D eigenvalue weighted by Gasteiger charge is 2.41. The maximum Gasteiger partial charge on any atom is 0.134 e. The third-order valence-electron chi connectivity index (χ3n) is 3.51. The number of ether oxygens (including phenoxy) is 1. The lowest BCUT2D eigenvalue weighted by atomic mass is 10.1. The van der Waals surface area contributed by atoms with Gasteiger partial charge in [-0.15, -0.1) is 0 Å². The molecule has 0 bridgehead atoms. The second-order valence-electron chi connectivity index (χ2n) is 4.86. The zero-order chi connectivity index (χ0) is 11.8. The molecule has 0 aromatic carbocycles. The Balaban J connectivity index is 1.55. The van der Waals surface area contributed by atoms with Gasteiger partial charge in [-0.05, 0) is 31.2 Å². The van der Waals surface area contributed by atoms with Crippen LogP contribution in [0.4, 0.5) is 0 Å². The normalized spacial score (nSPS) is 30.8. The van der Waals surface area contributed by atoms with Gasteiger partial charge >= 0.3 is 0 Å². The van der Waals surface area contributed by atoms with Crippen LogP contribution in [0.25, 0.3) is 0 Å². The van der Waals surface area contributed by atoms with Gasteiger partial charge in [0.2, 0.25) is 0 Å². The first-order chi connectivity index (χ1) is 8.20. The highest BCUT2D eigenvalue weighted by molar-refractivity contribution is 6.32. The van der Waals surface area contributed by atoms with Gasteiger partial charge in [0.1, 0.15) is 22.7 Å². The van der Waals surface area contributed by atoms with Gasteiger partial charge in [0, 0.05) is 18.2 Å². The largest absolute Gasteiger partial charge is 0.492 e. The maximum atomic E-state index is 5.81. The predicted molar refractivity (Wildman–Crippen MR) is 67.8 cm³/mol. The number of nitrogens with zero attached hydrogens (tertiary/aromatic N) is 1. The topological polar surface area (TPSA) is 34.1 Å². The minimum Gasteiger partial charge on any atom is -0.492 e. The maximum absolute atomic E-state index is 5.81. The van der Waals surface area contributed by atoms with Crippen molar-refractivity contribution in [2.45, 2.75) is 18.9 Å². The van der Waals surface area contributed by atoms with Crippen LogP contribution in [0.15, 0.2) is 12.1 Å². The zero-order valence-electron chi connectivity index (χ0n) is 9.33. The molecule has 3 rings (SSSR count). The Morgan fingerprint density at radius 1 is 1.24 bits per heavy atom. The fraction of sp³-hybridized carbons (Fsp3) is 0.583. The van der Waals surface area contributed by atoms with Crippen LogP contribution in [-0.4, -0.2) is 24.2 Å². The minimum absolute atomic E-state index is 0.367. The van der Waals surface area contributed by atoms with E-state index in [-0.39, 0.29) is 0 Å². The van der Waals surface area contributed by atoms with Crippen molar-refractivity contribution in [3.8, 4) is 5.75 Å². The number of aromatic nitrogens is 1. The zero-order valence-corrected chi connectivity index (χ0v) is 10.8. The van der Waals surface area contributed by atoms with Gasteiger partial charge in [0.15, 0.2) is 0 Å². The summed E-state index contributed by atoms with van der Waals surface area (Å²) in [4.78, 5) is 3.88. The first-order valence-corrected chi connectivity index (χ1v) is 6.65. The number of hydrogen-bond acceptors (Lipinski definition) is 3. The summed E-state index contributed by atoms with van der Waals surface area (Å²) >= 11 is 11.6. The van der Waals surface area contributed by atoms with Crippen molar-refractivity contribution in [3.05, 3.63) is 22.4 Å². The van der Waals surface area contributed by atoms with E-state index in [1.165, 1.54) is 12.8 Å². The molecule has 1 saturated heterocycles. The molecular formula is C12H14Cl2N2O. The van der Waals surface area contributed by atoms with Crippen LogP contribution in [0.5, 0.6) is 5.75 Å². The van der Waals surface area contributed by atoms with E-state index in [2.05, 4.69) is 10.3 Å². The molecule has 1 aromatic heterocycles. The number of pyridine rings is 1. The third-order valence-corrected chi connectivity index (χ3v) is 3.90. The molecule has 3 unspecified atom stereocenters. The molecule has 17 heavy (non-hydrogen) atoms. The number of halogens is 2. The van der Waals surface area contributed by atoms with E-state index in [4.69, 9.17) is 27.9 Å². The van der Waals surface area contributed by atoms with Crippen molar-refractivity contribution in [2.24, 2.45) is 11.8 Å². The molecule has 1 aliphatic heterocycles. The van der Waals surface area contributed by atoms with Gasteiger partial charge in [0.05, 0.1) is 0 Å². The lowest BCUT2D eigenvalue weighted by Crippen LogP contribution is -2.39. The fourth-order valence-electron chi connectivity index (χ4n) is 2.47. The summed E-state index contributed by atoms with van der Waals surface area (Å²) in [7, 11) is 0. The second-order valence-corrected chi connectivity index (χ2v) is 5.63. The van der Waals surface area contributed by atoms with Crippen LogP contribution in [0.1, 0.15) is 12.8 Å². The third kappa shape index (κ3) is 2.84. The van der Waals surface area contributed by atoms with E-state index in [1.54, 1.807) is 12.1 Å². The lowest BCUT2D eigenvalue weighted by molar-refractivity contribution is 0.234. The first-order valence-electron chi connectivity index (χ1n) is 5.90. The smallest absolute Gasteiger partial charge is 0.134 e. The molecule has 2 fully saturated rings. The van der Waals surface area contributed by atoms with E-state index in [9.17, 15) is 0 Å². The van der Waals surface area contributed by atoms with Crippen molar-refractivity contribution in [3.63, 3.8) is 0 Å². The van der Waals surface area contributed by atoms with Crippen molar-refractivity contribution in [2.75, 3.05) is 13.2 Å². The highest BCUT2D eigenvalue weighted by atomic mass is 35.5. The van der Waals surface area contributed by atoms with Gasteiger partial charge in [-0.25, -0.2) is 4.98 Å². The number of hydrogen-bond donors (Lipinski definition) is 1. The van der Waals surface area contributed by atoms with E-state index in [0.29, 0.717) is 28.7 Å². The van der Waals surface area contributed by atoms with Crippen LogP contribution in [0.2, 0.25) is 10.3 Å². The molecule has 1 saturated carbocycles. The monoisotopic (exact) mass is 272 g/mol. The molecule has 2 heterocycles. The summed E-state index contributed by atoms with van der Waals surface area (Å²) < 4.78 is 5.70. The van der Waals surface area contributed by atoms with Gasteiger partial charge in [-0.2, -0.15) is 0 Å². The Labute approximate surface area is 110 Å². The molecule has 2 aliphatic rings. The molecule has 5 heteroatoms. The van der Waals surface area contributed by atoms with Gasteiger partial charge in [-0.3, -0.25) is 0 Å². The van der Waals surface area contributed by atoms with Crippen molar-refractivity contribution < 1.29 is 4.74 Å². The quantitative estimate of drug-likeness (QED) is 0.860. The average molecular weight is 273 g/mol.